The van der Waals surface area contributed by atoms with Crippen LogP contribution in [0.5, 0.6) is 5.75 Å². The summed E-state index contributed by atoms with van der Waals surface area (Å²) in [6.45, 7) is 0. The van der Waals surface area contributed by atoms with Gasteiger partial charge in [-0.05, 0) is 24.3 Å². The molecule has 5 heteroatoms. The zero-order chi connectivity index (χ0) is 13.1. The van der Waals surface area contributed by atoms with Crippen molar-refractivity contribution in [2.24, 2.45) is 0 Å². The van der Waals surface area contributed by atoms with Crippen LogP contribution in [0.3, 0.4) is 0 Å². The first-order valence-electron chi connectivity index (χ1n) is 5.26. The lowest BCUT2D eigenvalue weighted by Gasteiger charge is -2.13. The van der Waals surface area contributed by atoms with Crippen molar-refractivity contribution in [2.45, 2.75) is 0 Å². The number of benzene rings is 2. The van der Waals surface area contributed by atoms with E-state index in [9.17, 15) is 0 Å². The lowest BCUT2D eigenvalue weighted by Crippen LogP contribution is -1.98. The van der Waals surface area contributed by atoms with Gasteiger partial charge in [0.2, 0.25) is 0 Å². The van der Waals surface area contributed by atoms with Crippen molar-refractivity contribution in [2.75, 3.05) is 18.2 Å². The van der Waals surface area contributed by atoms with Gasteiger partial charge in [0, 0.05) is 0 Å². The molecule has 0 bridgehead atoms. The summed E-state index contributed by atoms with van der Waals surface area (Å²) in [5, 5.41) is 4.04. The summed E-state index contributed by atoms with van der Waals surface area (Å²) >= 11 is 11.8. The van der Waals surface area contributed by atoms with E-state index in [-0.39, 0.29) is 0 Å². The molecule has 0 aliphatic carbocycles. The van der Waals surface area contributed by atoms with E-state index < -0.39 is 0 Å². The van der Waals surface area contributed by atoms with Crippen LogP contribution in [-0.2, 0) is 0 Å². The molecule has 3 nitrogen and oxygen atoms in total. The number of anilines is 3. The number of hydrogen-bond acceptors (Lipinski definition) is 3. The fourth-order valence-corrected chi connectivity index (χ4v) is 1.90. The van der Waals surface area contributed by atoms with Crippen molar-refractivity contribution in [3.8, 4) is 5.75 Å². The highest BCUT2D eigenvalue weighted by molar-refractivity contribution is 6.42. The Hall–Kier alpha value is -1.58. The molecule has 18 heavy (non-hydrogen) atoms. The molecule has 94 valence electrons. The van der Waals surface area contributed by atoms with Crippen LogP contribution in [-0.4, -0.2) is 7.11 Å². The molecule has 2 rings (SSSR count). The van der Waals surface area contributed by atoms with Crippen LogP contribution in [0.2, 0.25) is 10.0 Å². The third kappa shape index (κ3) is 2.63. The summed E-state index contributed by atoms with van der Waals surface area (Å²) in [5.41, 5.74) is 7.91. The molecular formula is C13H12Cl2N2O. The highest BCUT2D eigenvalue weighted by atomic mass is 35.5. The molecule has 2 aromatic rings. The molecule has 0 saturated heterocycles. The van der Waals surface area contributed by atoms with Crippen molar-refractivity contribution in [1.29, 1.82) is 0 Å². The van der Waals surface area contributed by atoms with Crippen molar-refractivity contribution in [3.05, 3.63) is 46.4 Å². The van der Waals surface area contributed by atoms with E-state index in [4.69, 9.17) is 33.7 Å². The Morgan fingerprint density at radius 2 is 1.72 bits per heavy atom. The molecule has 0 saturated carbocycles. The maximum Gasteiger partial charge on any atom is 0.142 e. The number of halogens is 2. The minimum absolute atomic E-state index is 0.430. The lowest BCUT2D eigenvalue weighted by atomic mass is 10.2. The molecule has 0 spiro atoms. The first kappa shape index (κ1) is 12.9. The number of methoxy groups -OCH3 is 1. The third-order valence-corrected chi connectivity index (χ3v) is 3.19. The molecule has 0 aliphatic rings. The SMILES string of the molecule is COc1ccccc1Nc1cc(Cl)c(Cl)cc1N. The van der Waals surface area contributed by atoms with E-state index >= 15 is 0 Å². The summed E-state index contributed by atoms with van der Waals surface area (Å²) in [6, 6.07) is 10.8. The molecule has 0 unspecified atom stereocenters. The molecule has 0 radical (unpaired) electrons. The zero-order valence-corrected chi connectivity index (χ0v) is 11.2. The van der Waals surface area contributed by atoms with Crippen LogP contribution in [0.25, 0.3) is 0 Å². The number of rotatable bonds is 3. The van der Waals surface area contributed by atoms with Gasteiger partial charge < -0.3 is 15.8 Å². The number of ether oxygens (including phenoxy) is 1. The summed E-state index contributed by atoms with van der Waals surface area (Å²) in [5.74, 6) is 0.725. The highest BCUT2D eigenvalue weighted by Crippen LogP contribution is 2.34. The average Bonchev–Trinajstić information content (AvgIpc) is 2.36. The summed E-state index contributed by atoms with van der Waals surface area (Å²) in [4.78, 5) is 0. The molecule has 0 aromatic heterocycles. The smallest absolute Gasteiger partial charge is 0.142 e. The van der Waals surface area contributed by atoms with E-state index in [0.29, 0.717) is 21.4 Å². The van der Waals surface area contributed by atoms with E-state index in [1.165, 1.54) is 0 Å². The first-order valence-corrected chi connectivity index (χ1v) is 6.02. The van der Waals surface area contributed by atoms with Crippen LogP contribution in [0.1, 0.15) is 0 Å². The minimum atomic E-state index is 0.430. The fourth-order valence-electron chi connectivity index (χ4n) is 1.56. The second-order valence-electron chi connectivity index (χ2n) is 3.68. The molecule has 3 N–H and O–H groups in total. The van der Waals surface area contributed by atoms with Gasteiger partial charge in [0.15, 0.2) is 0 Å². The van der Waals surface area contributed by atoms with Crippen LogP contribution in [0.15, 0.2) is 36.4 Å². The number of nitrogen functional groups attached to an aromatic ring is 1. The summed E-state index contributed by atoms with van der Waals surface area (Å²) in [7, 11) is 1.61. The Labute approximate surface area is 115 Å². The van der Waals surface area contributed by atoms with Gasteiger partial charge in [0.05, 0.1) is 34.2 Å². The predicted octanol–water partition coefficient (Wildman–Crippen LogP) is 4.33. The Balaban J connectivity index is 2.37. The van der Waals surface area contributed by atoms with Crippen LogP contribution in [0.4, 0.5) is 17.1 Å². The molecule has 2 aromatic carbocycles. The molecule has 0 atom stereocenters. The highest BCUT2D eigenvalue weighted by Gasteiger charge is 2.07. The molecule has 0 heterocycles. The topological polar surface area (TPSA) is 47.3 Å². The first-order chi connectivity index (χ1) is 8.61. The summed E-state index contributed by atoms with van der Waals surface area (Å²) < 4.78 is 5.25. The Bertz CT molecular complexity index is 573. The van der Waals surface area contributed by atoms with Crippen molar-refractivity contribution >= 4 is 40.3 Å². The van der Waals surface area contributed by atoms with E-state index in [2.05, 4.69) is 5.32 Å². The van der Waals surface area contributed by atoms with E-state index in [0.717, 1.165) is 11.4 Å². The van der Waals surface area contributed by atoms with Gasteiger partial charge >= 0.3 is 0 Å². The quantitative estimate of drug-likeness (QED) is 0.824. The summed E-state index contributed by atoms with van der Waals surface area (Å²) in [6.07, 6.45) is 0. The van der Waals surface area contributed by atoms with Gasteiger partial charge in [-0.3, -0.25) is 0 Å². The van der Waals surface area contributed by atoms with Crippen LogP contribution >= 0.6 is 23.2 Å². The van der Waals surface area contributed by atoms with Crippen molar-refractivity contribution < 1.29 is 4.74 Å². The Morgan fingerprint density at radius 3 is 2.44 bits per heavy atom. The van der Waals surface area contributed by atoms with Crippen molar-refractivity contribution in [1.82, 2.24) is 0 Å². The zero-order valence-electron chi connectivity index (χ0n) is 9.71. The maximum atomic E-state index is 5.97. The molecule has 0 amide bonds. The lowest BCUT2D eigenvalue weighted by molar-refractivity contribution is 0.417. The number of para-hydroxylation sites is 2. The van der Waals surface area contributed by atoms with Gasteiger partial charge in [-0.1, -0.05) is 35.3 Å². The average molecular weight is 283 g/mol. The second-order valence-corrected chi connectivity index (χ2v) is 4.49. The van der Waals surface area contributed by atoms with Gasteiger partial charge in [-0.15, -0.1) is 0 Å². The minimum Gasteiger partial charge on any atom is -0.495 e. The fraction of sp³-hybridized carbons (Fsp3) is 0.0769. The van der Waals surface area contributed by atoms with Gasteiger partial charge in [0.25, 0.3) is 0 Å². The molecule has 0 fully saturated rings. The molecular weight excluding hydrogens is 271 g/mol. The number of nitrogens with one attached hydrogen (secondary N) is 1. The number of nitrogens with two attached hydrogens (primary N) is 1. The van der Waals surface area contributed by atoms with E-state index in [1.807, 2.05) is 24.3 Å². The monoisotopic (exact) mass is 282 g/mol. The second kappa shape index (κ2) is 5.38. The van der Waals surface area contributed by atoms with Gasteiger partial charge in [-0.2, -0.15) is 0 Å². The van der Waals surface area contributed by atoms with E-state index in [1.54, 1.807) is 19.2 Å². The Morgan fingerprint density at radius 1 is 1.06 bits per heavy atom. The third-order valence-electron chi connectivity index (χ3n) is 2.47. The van der Waals surface area contributed by atoms with Crippen LogP contribution < -0.4 is 15.8 Å². The maximum absolute atomic E-state index is 5.97. The molecule has 0 aliphatic heterocycles. The predicted molar refractivity (Wildman–Crippen MR) is 77.2 cm³/mol. The number of hydrogen-bond donors (Lipinski definition) is 2. The van der Waals surface area contributed by atoms with Crippen molar-refractivity contribution in [3.63, 3.8) is 0 Å². The normalized spacial score (nSPS) is 10.2. The van der Waals surface area contributed by atoms with Crippen LogP contribution in [0, 0.1) is 0 Å². The largest absolute Gasteiger partial charge is 0.495 e. The van der Waals surface area contributed by atoms with Gasteiger partial charge in [0.1, 0.15) is 5.75 Å². The Kier molecular flexibility index (Phi) is 3.84. The van der Waals surface area contributed by atoms with Gasteiger partial charge in [-0.25, -0.2) is 0 Å². The standard InChI is InChI=1S/C13H12Cl2N2O/c1-18-13-5-3-2-4-11(13)17-12-7-9(15)8(14)6-10(12)16/h2-7,17H,16H2,1H3.